The van der Waals surface area contributed by atoms with Crippen LogP contribution >= 0.6 is 0 Å². The number of nitrogens with zero attached hydrogens (tertiary/aromatic N) is 1. The molecule has 0 saturated carbocycles. The molecular formula is C22H28F2N3O+. The Morgan fingerprint density at radius 1 is 1.18 bits per heavy atom. The van der Waals surface area contributed by atoms with E-state index < -0.39 is 11.6 Å². The molecule has 1 saturated heterocycles. The average Bonchev–Trinajstić information content (AvgIpc) is 2.67. The molecule has 1 heterocycles. The highest BCUT2D eigenvalue weighted by atomic mass is 19.1. The molecule has 3 N–H and O–H groups in total. The molecule has 150 valence electrons. The zero-order valence-electron chi connectivity index (χ0n) is 16.4. The fourth-order valence-corrected chi connectivity index (χ4v) is 3.52. The number of carbonyl (C=O) groups excluding carboxylic acids is 1. The van der Waals surface area contributed by atoms with Gasteiger partial charge in [0.2, 0.25) is 0 Å². The van der Waals surface area contributed by atoms with Crippen LogP contribution in [0.25, 0.3) is 0 Å². The van der Waals surface area contributed by atoms with Gasteiger partial charge in [-0.1, -0.05) is 6.92 Å². The average molecular weight is 388 g/mol. The van der Waals surface area contributed by atoms with Crippen LogP contribution in [0, 0.1) is 17.6 Å². The summed E-state index contributed by atoms with van der Waals surface area (Å²) in [6.07, 6.45) is 2.42. The molecule has 1 aliphatic rings. The summed E-state index contributed by atoms with van der Waals surface area (Å²) in [5.41, 5.74) is 2.31. The normalized spacial score (nSPS) is 16.1. The Kier molecular flexibility index (Phi) is 6.62. The highest BCUT2D eigenvalue weighted by Gasteiger charge is 2.17. The summed E-state index contributed by atoms with van der Waals surface area (Å²) in [6, 6.07) is 11.1. The Morgan fingerprint density at radius 2 is 1.86 bits per heavy atom. The molecule has 0 radical (unpaired) electrons. The number of carbonyl (C=O) groups is 1. The van der Waals surface area contributed by atoms with Crippen LogP contribution in [0.3, 0.4) is 0 Å². The Bertz CT molecular complexity index is 802. The van der Waals surface area contributed by atoms with Crippen LogP contribution in [0.2, 0.25) is 0 Å². The highest BCUT2D eigenvalue weighted by molar-refractivity contribution is 5.91. The second-order valence-electron chi connectivity index (χ2n) is 7.66. The van der Waals surface area contributed by atoms with Gasteiger partial charge < -0.3 is 15.5 Å². The molecule has 1 fully saturated rings. The van der Waals surface area contributed by atoms with E-state index in [9.17, 15) is 13.6 Å². The van der Waals surface area contributed by atoms with Gasteiger partial charge in [-0.2, -0.15) is 0 Å². The van der Waals surface area contributed by atoms with Gasteiger partial charge in [-0.3, -0.25) is 4.79 Å². The second kappa shape index (κ2) is 9.15. The number of nitrogens with one attached hydrogen (secondary N) is 1. The topological polar surface area (TPSA) is 49.0 Å². The highest BCUT2D eigenvalue weighted by Crippen LogP contribution is 2.24. The van der Waals surface area contributed by atoms with Crippen molar-refractivity contribution < 1.29 is 18.9 Å². The molecule has 28 heavy (non-hydrogen) atoms. The van der Waals surface area contributed by atoms with Crippen molar-refractivity contribution in [1.29, 1.82) is 0 Å². The van der Waals surface area contributed by atoms with Crippen molar-refractivity contribution in [3.05, 3.63) is 59.7 Å². The van der Waals surface area contributed by atoms with Gasteiger partial charge in [0.1, 0.15) is 17.7 Å². The van der Waals surface area contributed by atoms with Gasteiger partial charge in [-0.05, 0) is 62.1 Å². The zero-order chi connectivity index (χ0) is 20.1. The maximum Gasteiger partial charge on any atom is 0.279 e. The van der Waals surface area contributed by atoms with Gasteiger partial charge in [0.15, 0.2) is 6.54 Å². The van der Waals surface area contributed by atoms with Crippen molar-refractivity contribution in [3.8, 4) is 0 Å². The third-order valence-electron chi connectivity index (χ3n) is 5.41. The third-order valence-corrected chi connectivity index (χ3v) is 5.41. The lowest BCUT2D eigenvalue weighted by Gasteiger charge is -2.32. The smallest absolute Gasteiger partial charge is 0.279 e. The predicted octanol–water partition coefficient (Wildman–Crippen LogP) is 3.46. The summed E-state index contributed by atoms with van der Waals surface area (Å²) >= 11 is 0. The molecule has 1 atom stereocenters. The van der Waals surface area contributed by atoms with Crippen LogP contribution in [0.15, 0.2) is 42.5 Å². The van der Waals surface area contributed by atoms with E-state index in [1.165, 1.54) is 30.7 Å². The SMILES string of the molecule is CC1CCN(c2ccc(NC(=O)C[NH2+][C@@H](C)c3ccc(F)cc3F)cc2)CC1. The molecule has 0 aliphatic carbocycles. The Balaban J connectivity index is 1.49. The quantitative estimate of drug-likeness (QED) is 0.796. The van der Waals surface area contributed by atoms with E-state index in [2.05, 4.69) is 17.1 Å². The van der Waals surface area contributed by atoms with Crippen LogP contribution in [0.4, 0.5) is 20.2 Å². The number of anilines is 2. The molecule has 2 aromatic rings. The number of halogens is 2. The zero-order valence-corrected chi connectivity index (χ0v) is 16.4. The molecule has 0 bridgehead atoms. The van der Waals surface area contributed by atoms with Crippen molar-refractivity contribution in [2.75, 3.05) is 29.9 Å². The molecule has 3 rings (SSSR count). The summed E-state index contributed by atoms with van der Waals surface area (Å²) in [4.78, 5) is 14.6. The van der Waals surface area contributed by atoms with E-state index >= 15 is 0 Å². The number of amides is 1. The monoisotopic (exact) mass is 388 g/mol. The van der Waals surface area contributed by atoms with Gasteiger partial charge in [-0.15, -0.1) is 0 Å². The Hall–Kier alpha value is -2.47. The minimum absolute atomic E-state index is 0.156. The van der Waals surface area contributed by atoms with E-state index in [1.807, 2.05) is 24.3 Å². The molecule has 2 aromatic carbocycles. The lowest BCUT2D eigenvalue weighted by atomic mass is 9.99. The minimum Gasteiger partial charge on any atom is -0.372 e. The molecule has 4 nitrogen and oxygen atoms in total. The molecule has 0 aromatic heterocycles. The number of nitrogens with two attached hydrogens (primary N) is 1. The van der Waals surface area contributed by atoms with Gasteiger partial charge in [0.05, 0.1) is 0 Å². The number of hydrogen-bond acceptors (Lipinski definition) is 2. The first-order chi connectivity index (χ1) is 13.4. The number of quaternary nitrogens is 1. The standard InChI is InChI=1S/C22H27F2N3O/c1-15-9-11-27(12-10-15)19-6-4-18(5-7-19)26-22(28)14-25-16(2)20-8-3-17(23)13-21(20)24/h3-8,13,15-16,25H,9-12,14H2,1-2H3,(H,26,28)/p+1/t16-/m0/s1. The minimum atomic E-state index is -0.603. The van der Waals surface area contributed by atoms with Crippen molar-refractivity contribution in [3.63, 3.8) is 0 Å². The van der Waals surface area contributed by atoms with E-state index in [1.54, 1.807) is 12.2 Å². The molecular weight excluding hydrogens is 360 g/mol. The molecule has 1 amide bonds. The van der Waals surface area contributed by atoms with Crippen LogP contribution in [0.5, 0.6) is 0 Å². The first kappa shape index (κ1) is 20.3. The molecule has 6 heteroatoms. The van der Waals surface area contributed by atoms with Crippen molar-refractivity contribution in [1.82, 2.24) is 0 Å². The molecule has 0 spiro atoms. The van der Waals surface area contributed by atoms with Gasteiger partial charge in [0.25, 0.3) is 5.91 Å². The number of rotatable bonds is 6. The Morgan fingerprint density at radius 3 is 2.50 bits per heavy atom. The maximum atomic E-state index is 13.8. The number of piperidine rings is 1. The van der Waals surface area contributed by atoms with Gasteiger partial charge >= 0.3 is 0 Å². The number of hydrogen-bond donors (Lipinski definition) is 2. The van der Waals surface area contributed by atoms with Gasteiger partial charge in [-0.25, -0.2) is 8.78 Å². The van der Waals surface area contributed by atoms with E-state index in [-0.39, 0.29) is 18.5 Å². The fourth-order valence-electron chi connectivity index (χ4n) is 3.52. The van der Waals surface area contributed by atoms with E-state index in [4.69, 9.17) is 0 Å². The lowest BCUT2D eigenvalue weighted by molar-refractivity contribution is -0.682. The van der Waals surface area contributed by atoms with Crippen molar-refractivity contribution >= 4 is 17.3 Å². The molecule has 1 aliphatic heterocycles. The molecule has 0 unspecified atom stereocenters. The summed E-state index contributed by atoms with van der Waals surface area (Å²) in [6.45, 7) is 6.37. The Labute approximate surface area is 164 Å². The van der Waals surface area contributed by atoms with E-state index in [0.717, 1.165) is 30.8 Å². The summed E-state index contributed by atoms with van der Waals surface area (Å²) in [5, 5.41) is 4.60. The lowest BCUT2D eigenvalue weighted by Crippen LogP contribution is -2.86. The maximum absolute atomic E-state index is 13.8. The van der Waals surface area contributed by atoms with Crippen LogP contribution in [-0.4, -0.2) is 25.5 Å². The first-order valence-corrected chi connectivity index (χ1v) is 9.85. The summed E-state index contributed by atoms with van der Waals surface area (Å²) in [7, 11) is 0. The van der Waals surface area contributed by atoms with E-state index in [0.29, 0.717) is 5.56 Å². The first-order valence-electron chi connectivity index (χ1n) is 9.85. The summed E-state index contributed by atoms with van der Waals surface area (Å²) in [5.74, 6) is -0.564. The van der Waals surface area contributed by atoms with Crippen LogP contribution < -0.4 is 15.5 Å². The largest absolute Gasteiger partial charge is 0.372 e. The fraction of sp³-hybridized carbons (Fsp3) is 0.409. The van der Waals surface area contributed by atoms with Crippen molar-refractivity contribution in [2.45, 2.75) is 32.7 Å². The third kappa shape index (κ3) is 5.29. The van der Waals surface area contributed by atoms with Gasteiger partial charge in [0, 0.05) is 36.1 Å². The summed E-state index contributed by atoms with van der Waals surface area (Å²) < 4.78 is 26.8. The van der Waals surface area contributed by atoms with Crippen LogP contribution in [-0.2, 0) is 4.79 Å². The van der Waals surface area contributed by atoms with Crippen LogP contribution in [0.1, 0.15) is 38.3 Å². The van der Waals surface area contributed by atoms with Crippen molar-refractivity contribution in [2.24, 2.45) is 5.92 Å². The second-order valence-corrected chi connectivity index (χ2v) is 7.66. The predicted molar refractivity (Wildman–Crippen MR) is 107 cm³/mol. The number of benzene rings is 2.